The molecule has 0 aromatic carbocycles. The molecular formula is C12H27OSi. The van der Waals surface area contributed by atoms with Crippen molar-refractivity contribution in [3.8, 4) is 0 Å². The van der Waals surface area contributed by atoms with Crippen LogP contribution in [0.3, 0.4) is 0 Å². The number of hydrogen-bond donors (Lipinski definition) is 0. The monoisotopic (exact) mass is 215 g/mol. The van der Waals surface area contributed by atoms with Crippen LogP contribution in [-0.2, 0) is 4.80 Å². The van der Waals surface area contributed by atoms with E-state index < -0.39 is 8.32 Å². The fourth-order valence-corrected chi connectivity index (χ4v) is 2.80. The van der Waals surface area contributed by atoms with E-state index >= 15 is 0 Å². The van der Waals surface area contributed by atoms with Gasteiger partial charge >= 0.3 is 0 Å². The first-order valence-electron chi connectivity index (χ1n) is 6.01. The first-order valence-corrected chi connectivity index (χ1v) is 9.13. The van der Waals surface area contributed by atoms with Crippen LogP contribution in [0.4, 0.5) is 0 Å². The molecule has 0 saturated carbocycles. The molecule has 0 aliphatic rings. The lowest BCUT2D eigenvalue weighted by Gasteiger charge is -2.16. The highest BCUT2D eigenvalue weighted by molar-refractivity contribution is 6.69. The van der Waals surface area contributed by atoms with Crippen LogP contribution in [0.1, 0.15) is 46.5 Å². The van der Waals surface area contributed by atoms with E-state index in [1.807, 2.05) is 13.1 Å². The Morgan fingerprint density at radius 3 is 2.00 bits per heavy atom. The molecule has 0 N–H and O–H groups in total. The SMILES string of the molecule is CC(C)CCCC(C)CC[Si](C)(C)[O]. The molecule has 0 bridgehead atoms. The molecule has 0 aliphatic carbocycles. The Balaban J connectivity index is 3.42. The predicted octanol–water partition coefficient (Wildman–Crippen LogP) is 4.47. The minimum Gasteiger partial charge on any atom is -0.298 e. The molecular weight excluding hydrogens is 188 g/mol. The Labute approximate surface area is 91.1 Å². The van der Waals surface area contributed by atoms with Gasteiger partial charge < -0.3 is 0 Å². The van der Waals surface area contributed by atoms with E-state index in [4.69, 9.17) is 0 Å². The lowest BCUT2D eigenvalue weighted by atomic mass is 9.98. The van der Waals surface area contributed by atoms with E-state index in [2.05, 4.69) is 20.8 Å². The van der Waals surface area contributed by atoms with E-state index in [0.717, 1.165) is 24.3 Å². The molecule has 0 spiro atoms. The van der Waals surface area contributed by atoms with Crippen LogP contribution in [0.25, 0.3) is 0 Å². The van der Waals surface area contributed by atoms with Gasteiger partial charge in [0.05, 0.1) is 0 Å². The second kappa shape index (κ2) is 6.62. The second-order valence-corrected chi connectivity index (χ2v) is 9.75. The van der Waals surface area contributed by atoms with Crippen molar-refractivity contribution >= 4 is 8.32 Å². The maximum Gasteiger partial charge on any atom is 0.231 e. The molecule has 0 fully saturated rings. The fourth-order valence-electron chi connectivity index (χ4n) is 1.61. The smallest absolute Gasteiger partial charge is 0.231 e. The van der Waals surface area contributed by atoms with Gasteiger partial charge in [-0.25, -0.2) is 0 Å². The van der Waals surface area contributed by atoms with Crippen molar-refractivity contribution in [2.75, 3.05) is 0 Å². The van der Waals surface area contributed by atoms with Crippen molar-refractivity contribution in [1.82, 2.24) is 0 Å². The normalized spacial score (nSPS) is 14.8. The lowest BCUT2D eigenvalue weighted by molar-refractivity contribution is 0.405. The zero-order valence-corrected chi connectivity index (χ0v) is 11.6. The van der Waals surface area contributed by atoms with Crippen LogP contribution >= 0.6 is 0 Å². The highest BCUT2D eigenvalue weighted by Crippen LogP contribution is 2.20. The van der Waals surface area contributed by atoms with Crippen LogP contribution in [0.5, 0.6) is 0 Å². The van der Waals surface area contributed by atoms with Gasteiger partial charge in [0.25, 0.3) is 0 Å². The molecule has 0 heterocycles. The standard InChI is InChI=1S/C12H27OSi/c1-11(2)7-6-8-12(3)9-10-14(4,5)13/h11-12H,6-10H2,1-5H3. The quantitative estimate of drug-likeness (QED) is 0.558. The average molecular weight is 215 g/mol. The number of hydrogen-bond acceptors (Lipinski definition) is 0. The van der Waals surface area contributed by atoms with Crippen molar-refractivity contribution < 1.29 is 4.80 Å². The third-order valence-corrected chi connectivity index (χ3v) is 4.21. The van der Waals surface area contributed by atoms with Gasteiger partial charge in [0.2, 0.25) is 8.32 Å². The summed E-state index contributed by atoms with van der Waals surface area (Å²) in [6, 6.07) is 0.954. The van der Waals surface area contributed by atoms with E-state index in [1.165, 1.54) is 19.3 Å². The summed E-state index contributed by atoms with van der Waals surface area (Å²) in [5.41, 5.74) is 0. The van der Waals surface area contributed by atoms with E-state index in [9.17, 15) is 4.80 Å². The highest BCUT2D eigenvalue weighted by atomic mass is 28.4. The Hall–Kier alpha value is 0.177. The molecule has 1 unspecified atom stereocenters. The molecule has 85 valence electrons. The fraction of sp³-hybridized carbons (Fsp3) is 1.00. The van der Waals surface area contributed by atoms with E-state index in [-0.39, 0.29) is 0 Å². The van der Waals surface area contributed by atoms with Gasteiger partial charge in [-0.2, -0.15) is 0 Å². The Morgan fingerprint density at radius 2 is 1.57 bits per heavy atom. The van der Waals surface area contributed by atoms with Gasteiger partial charge in [-0.15, -0.1) is 0 Å². The van der Waals surface area contributed by atoms with Gasteiger partial charge in [0.1, 0.15) is 0 Å². The maximum absolute atomic E-state index is 11.5. The van der Waals surface area contributed by atoms with Crippen molar-refractivity contribution in [1.29, 1.82) is 0 Å². The van der Waals surface area contributed by atoms with Crippen molar-refractivity contribution in [2.45, 2.75) is 65.6 Å². The third kappa shape index (κ3) is 10.3. The first kappa shape index (κ1) is 14.2. The molecule has 0 saturated heterocycles. The molecule has 1 atom stereocenters. The van der Waals surface area contributed by atoms with Crippen molar-refractivity contribution in [2.24, 2.45) is 11.8 Å². The summed E-state index contributed by atoms with van der Waals surface area (Å²) in [7, 11) is -2.03. The Bertz CT molecular complexity index is 138. The zero-order chi connectivity index (χ0) is 11.2. The maximum atomic E-state index is 11.5. The summed E-state index contributed by atoms with van der Waals surface area (Å²) < 4.78 is 0. The zero-order valence-electron chi connectivity index (χ0n) is 10.6. The summed E-state index contributed by atoms with van der Waals surface area (Å²) in [5.74, 6) is 1.59. The molecule has 0 aromatic rings. The average Bonchev–Trinajstić information content (AvgIpc) is 1.99. The Kier molecular flexibility index (Phi) is 6.71. The Morgan fingerprint density at radius 1 is 1.00 bits per heavy atom. The van der Waals surface area contributed by atoms with Crippen LogP contribution in [0, 0.1) is 11.8 Å². The van der Waals surface area contributed by atoms with Gasteiger partial charge in [-0.1, -0.05) is 46.5 Å². The van der Waals surface area contributed by atoms with Gasteiger partial charge in [0, 0.05) is 0 Å². The van der Waals surface area contributed by atoms with Crippen LogP contribution in [0.2, 0.25) is 19.1 Å². The van der Waals surface area contributed by atoms with Crippen molar-refractivity contribution in [3.63, 3.8) is 0 Å². The van der Waals surface area contributed by atoms with E-state index in [1.54, 1.807) is 0 Å². The molecule has 1 nitrogen and oxygen atoms in total. The lowest BCUT2D eigenvalue weighted by Crippen LogP contribution is -2.23. The first-order chi connectivity index (χ1) is 6.31. The third-order valence-electron chi connectivity index (χ3n) is 2.72. The summed E-state index contributed by atoms with van der Waals surface area (Å²) >= 11 is 0. The molecule has 0 rings (SSSR count). The molecule has 0 aromatic heterocycles. The largest absolute Gasteiger partial charge is 0.298 e. The van der Waals surface area contributed by atoms with Gasteiger partial charge in [-0.05, 0) is 31.0 Å². The summed E-state index contributed by atoms with van der Waals surface area (Å²) in [5, 5.41) is 0. The van der Waals surface area contributed by atoms with Crippen molar-refractivity contribution in [3.05, 3.63) is 0 Å². The highest BCUT2D eigenvalue weighted by Gasteiger charge is 2.20. The molecule has 0 aliphatic heterocycles. The predicted molar refractivity (Wildman–Crippen MR) is 65.4 cm³/mol. The van der Waals surface area contributed by atoms with Gasteiger partial charge in [-0.3, -0.25) is 4.80 Å². The second-order valence-electron chi connectivity index (χ2n) is 5.73. The minimum absolute atomic E-state index is 0.759. The minimum atomic E-state index is -2.03. The topological polar surface area (TPSA) is 19.9 Å². The summed E-state index contributed by atoms with van der Waals surface area (Å²) in [4.78, 5) is 11.5. The molecule has 1 radical (unpaired) electrons. The molecule has 0 amide bonds. The summed E-state index contributed by atoms with van der Waals surface area (Å²) in [6.45, 7) is 10.7. The van der Waals surface area contributed by atoms with Gasteiger partial charge in [0.15, 0.2) is 0 Å². The van der Waals surface area contributed by atoms with E-state index in [0.29, 0.717) is 0 Å². The van der Waals surface area contributed by atoms with Crippen LogP contribution < -0.4 is 0 Å². The van der Waals surface area contributed by atoms with Crippen LogP contribution in [-0.4, -0.2) is 8.32 Å². The number of rotatable bonds is 7. The summed E-state index contributed by atoms with van der Waals surface area (Å²) in [6.07, 6.45) is 5.13. The van der Waals surface area contributed by atoms with Crippen LogP contribution in [0.15, 0.2) is 0 Å². The molecule has 2 heteroatoms. The molecule has 14 heavy (non-hydrogen) atoms.